The van der Waals surface area contributed by atoms with Crippen LogP contribution < -0.4 is 0 Å². The first kappa shape index (κ1) is 9.47. The highest BCUT2D eigenvalue weighted by Gasteiger charge is 2.50. The molecule has 0 unspecified atom stereocenters. The summed E-state index contributed by atoms with van der Waals surface area (Å²) in [5, 5.41) is 0. The summed E-state index contributed by atoms with van der Waals surface area (Å²) in [7, 11) is 2.26. The summed E-state index contributed by atoms with van der Waals surface area (Å²) in [6, 6.07) is 0. The minimum absolute atomic E-state index is 0.608. The molecule has 1 aliphatic carbocycles. The first-order valence-electron chi connectivity index (χ1n) is 5.56. The summed E-state index contributed by atoms with van der Waals surface area (Å²) in [5.74, 6) is 0.820. The van der Waals surface area contributed by atoms with Crippen LogP contribution in [0.4, 0.5) is 0 Å². The van der Waals surface area contributed by atoms with Crippen LogP contribution in [0.2, 0.25) is 0 Å². The van der Waals surface area contributed by atoms with Gasteiger partial charge in [0.1, 0.15) is 0 Å². The van der Waals surface area contributed by atoms with E-state index in [1.54, 1.807) is 0 Å². The molecule has 0 aromatic rings. The Kier molecular flexibility index (Phi) is 2.37. The van der Waals surface area contributed by atoms with E-state index >= 15 is 0 Å². The molecule has 1 aliphatic heterocycles. The molecule has 1 saturated heterocycles. The van der Waals surface area contributed by atoms with E-state index in [0.717, 1.165) is 5.92 Å². The number of hydrogen-bond donors (Lipinski definition) is 0. The Morgan fingerprint density at radius 3 is 2.46 bits per heavy atom. The van der Waals surface area contributed by atoms with Crippen LogP contribution in [0.5, 0.6) is 0 Å². The van der Waals surface area contributed by atoms with Gasteiger partial charge in [-0.3, -0.25) is 4.90 Å². The second-order valence-electron chi connectivity index (χ2n) is 5.30. The number of rotatable bonds is 2. The Morgan fingerprint density at radius 1 is 1.23 bits per heavy atom. The molecule has 0 bridgehead atoms. The lowest BCUT2D eigenvalue weighted by Gasteiger charge is -2.41. The van der Waals surface area contributed by atoms with Crippen molar-refractivity contribution in [2.45, 2.75) is 32.2 Å². The SMILES string of the molecule is CC(C)CN1CCN(C)CC12CC2. The third-order valence-electron chi connectivity index (χ3n) is 3.40. The van der Waals surface area contributed by atoms with E-state index in [1.807, 2.05) is 0 Å². The van der Waals surface area contributed by atoms with Gasteiger partial charge in [0.25, 0.3) is 0 Å². The summed E-state index contributed by atoms with van der Waals surface area (Å²) in [6.45, 7) is 9.81. The van der Waals surface area contributed by atoms with Crippen molar-refractivity contribution in [1.82, 2.24) is 9.80 Å². The average molecular weight is 182 g/mol. The van der Waals surface area contributed by atoms with Crippen LogP contribution in [-0.2, 0) is 0 Å². The zero-order chi connectivity index (χ0) is 9.47. The van der Waals surface area contributed by atoms with E-state index in [2.05, 4.69) is 30.7 Å². The quantitative estimate of drug-likeness (QED) is 0.637. The minimum atomic E-state index is 0.608. The van der Waals surface area contributed by atoms with Crippen molar-refractivity contribution >= 4 is 0 Å². The predicted octanol–water partition coefficient (Wildman–Crippen LogP) is 1.42. The molecular weight excluding hydrogens is 160 g/mol. The Morgan fingerprint density at radius 2 is 1.92 bits per heavy atom. The highest BCUT2D eigenvalue weighted by Crippen LogP contribution is 2.44. The number of hydrogen-bond acceptors (Lipinski definition) is 2. The summed E-state index contributed by atoms with van der Waals surface area (Å²) in [4.78, 5) is 5.22. The smallest absolute Gasteiger partial charge is 0.0338 e. The summed E-state index contributed by atoms with van der Waals surface area (Å²) in [6.07, 6.45) is 2.87. The van der Waals surface area contributed by atoms with E-state index in [-0.39, 0.29) is 0 Å². The van der Waals surface area contributed by atoms with Gasteiger partial charge in [0.05, 0.1) is 0 Å². The molecule has 0 amide bonds. The molecule has 2 fully saturated rings. The predicted molar refractivity (Wildman–Crippen MR) is 55.9 cm³/mol. The van der Waals surface area contributed by atoms with Crippen LogP contribution in [0.15, 0.2) is 0 Å². The molecule has 1 saturated carbocycles. The molecule has 1 spiro atoms. The van der Waals surface area contributed by atoms with Gasteiger partial charge in [-0.2, -0.15) is 0 Å². The maximum Gasteiger partial charge on any atom is 0.0338 e. The molecule has 13 heavy (non-hydrogen) atoms. The largest absolute Gasteiger partial charge is 0.303 e. The maximum atomic E-state index is 2.73. The van der Waals surface area contributed by atoms with Crippen LogP contribution in [0, 0.1) is 5.92 Å². The normalized spacial score (nSPS) is 28.6. The van der Waals surface area contributed by atoms with Crippen molar-refractivity contribution < 1.29 is 0 Å². The molecule has 0 N–H and O–H groups in total. The van der Waals surface area contributed by atoms with Gasteiger partial charge in [0.2, 0.25) is 0 Å². The van der Waals surface area contributed by atoms with Crippen molar-refractivity contribution in [1.29, 1.82) is 0 Å². The van der Waals surface area contributed by atoms with Gasteiger partial charge in [-0.25, -0.2) is 0 Å². The van der Waals surface area contributed by atoms with Crippen LogP contribution in [0.25, 0.3) is 0 Å². The topological polar surface area (TPSA) is 6.48 Å². The zero-order valence-corrected chi connectivity index (χ0v) is 9.21. The molecule has 0 aromatic carbocycles. The standard InChI is InChI=1S/C11H22N2/c1-10(2)8-13-7-6-12(3)9-11(13)4-5-11/h10H,4-9H2,1-3H3. The summed E-state index contributed by atoms with van der Waals surface area (Å²) >= 11 is 0. The third kappa shape index (κ3) is 1.89. The molecule has 2 nitrogen and oxygen atoms in total. The van der Waals surface area contributed by atoms with Crippen molar-refractivity contribution in [3.05, 3.63) is 0 Å². The van der Waals surface area contributed by atoms with Crippen LogP contribution >= 0.6 is 0 Å². The minimum Gasteiger partial charge on any atom is -0.303 e. The molecule has 1 heterocycles. The third-order valence-corrected chi connectivity index (χ3v) is 3.40. The van der Waals surface area contributed by atoms with Crippen molar-refractivity contribution in [3.63, 3.8) is 0 Å². The van der Waals surface area contributed by atoms with Gasteiger partial charge in [-0.15, -0.1) is 0 Å². The van der Waals surface area contributed by atoms with Gasteiger partial charge in [0, 0.05) is 31.7 Å². The van der Waals surface area contributed by atoms with E-state index < -0.39 is 0 Å². The number of nitrogens with zero attached hydrogens (tertiary/aromatic N) is 2. The Hall–Kier alpha value is -0.0800. The highest BCUT2D eigenvalue weighted by molar-refractivity contribution is 5.07. The molecule has 2 heteroatoms. The molecular formula is C11H22N2. The van der Waals surface area contributed by atoms with Crippen LogP contribution in [-0.4, -0.2) is 48.6 Å². The fourth-order valence-corrected chi connectivity index (χ4v) is 2.55. The number of likely N-dealkylation sites (N-methyl/N-ethyl adjacent to an activating group) is 1. The van der Waals surface area contributed by atoms with E-state index in [4.69, 9.17) is 0 Å². The van der Waals surface area contributed by atoms with E-state index in [0.29, 0.717) is 5.54 Å². The van der Waals surface area contributed by atoms with E-state index in [9.17, 15) is 0 Å². The second kappa shape index (κ2) is 3.25. The monoisotopic (exact) mass is 182 g/mol. The maximum absolute atomic E-state index is 2.73. The van der Waals surface area contributed by atoms with Crippen molar-refractivity contribution in [2.75, 3.05) is 33.2 Å². The molecule has 2 aliphatic rings. The van der Waals surface area contributed by atoms with Gasteiger partial charge < -0.3 is 4.90 Å². The lowest BCUT2D eigenvalue weighted by molar-refractivity contribution is 0.0641. The highest BCUT2D eigenvalue weighted by atomic mass is 15.3. The van der Waals surface area contributed by atoms with Gasteiger partial charge in [-0.05, 0) is 25.8 Å². The Bertz CT molecular complexity index is 185. The van der Waals surface area contributed by atoms with Crippen molar-refractivity contribution in [2.24, 2.45) is 5.92 Å². The van der Waals surface area contributed by atoms with Gasteiger partial charge in [-0.1, -0.05) is 13.8 Å². The Labute approximate surface area is 81.9 Å². The lowest BCUT2D eigenvalue weighted by atomic mass is 10.1. The fraction of sp³-hybridized carbons (Fsp3) is 1.00. The van der Waals surface area contributed by atoms with Gasteiger partial charge >= 0.3 is 0 Å². The second-order valence-corrected chi connectivity index (χ2v) is 5.30. The molecule has 0 aromatic heterocycles. The Balaban J connectivity index is 1.95. The lowest BCUT2D eigenvalue weighted by Crippen LogP contribution is -2.54. The molecule has 2 rings (SSSR count). The van der Waals surface area contributed by atoms with Crippen molar-refractivity contribution in [3.8, 4) is 0 Å². The molecule has 0 radical (unpaired) electrons. The average Bonchev–Trinajstić information content (AvgIpc) is 2.76. The first-order valence-corrected chi connectivity index (χ1v) is 5.56. The van der Waals surface area contributed by atoms with E-state index in [1.165, 1.54) is 39.0 Å². The zero-order valence-electron chi connectivity index (χ0n) is 9.21. The van der Waals surface area contributed by atoms with Crippen LogP contribution in [0.1, 0.15) is 26.7 Å². The number of piperazine rings is 1. The summed E-state index contributed by atoms with van der Waals surface area (Å²) < 4.78 is 0. The molecule has 76 valence electrons. The van der Waals surface area contributed by atoms with Gasteiger partial charge in [0.15, 0.2) is 0 Å². The molecule has 0 atom stereocenters. The van der Waals surface area contributed by atoms with Crippen LogP contribution in [0.3, 0.4) is 0 Å². The first-order chi connectivity index (χ1) is 6.12. The summed E-state index contributed by atoms with van der Waals surface area (Å²) in [5.41, 5.74) is 0.608. The fourth-order valence-electron chi connectivity index (χ4n) is 2.55.